The van der Waals surface area contributed by atoms with Crippen LogP contribution in [0.15, 0.2) is 0 Å². The molecule has 1 N–H and O–H groups in total. The summed E-state index contributed by atoms with van der Waals surface area (Å²) in [5, 5.41) is 3.37. The predicted molar refractivity (Wildman–Crippen MR) is 91.0 cm³/mol. The molecule has 1 amide bonds. The maximum atomic E-state index is 11.9. The Morgan fingerprint density at radius 2 is 1.87 bits per heavy atom. The molecule has 1 aliphatic heterocycles. The van der Waals surface area contributed by atoms with E-state index in [1.54, 1.807) is 0 Å². The summed E-state index contributed by atoms with van der Waals surface area (Å²) in [6.07, 6.45) is 11.4. The van der Waals surface area contributed by atoms with Gasteiger partial charge in [-0.3, -0.25) is 4.79 Å². The second-order valence-corrected chi connectivity index (χ2v) is 9.33. The Hall–Kier alpha value is -0.570. The molecule has 0 aromatic rings. The lowest BCUT2D eigenvalue weighted by atomic mass is 9.45. The first-order chi connectivity index (χ1) is 11.0. The van der Waals surface area contributed by atoms with Gasteiger partial charge < -0.3 is 10.1 Å². The van der Waals surface area contributed by atoms with Crippen LogP contribution >= 0.6 is 0 Å². The monoisotopic (exact) mass is 319 g/mol. The Labute approximate surface area is 140 Å². The van der Waals surface area contributed by atoms with Gasteiger partial charge in [0.05, 0.1) is 6.10 Å². The SMILES string of the molecule is CO[C@H]1CCC2(C)[C@@H](CCC3[C@@H]4CCC(=O)NC4(C)CC[C@@H]32)C1. The first-order valence-corrected chi connectivity index (χ1v) is 9.80. The van der Waals surface area contributed by atoms with Crippen LogP contribution in [0.2, 0.25) is 0 Å². The number of fused-ring (bicyclic) bond motifs is 5. The maximum absolute atomic E-state index is 11.9. The molecule has 0 spiro atoms. The summed E-state index contributed by atoms with van der Waals surface area (Å²) >= 11 is 0. The van der Waals surface area contributed by atoms with Crippen LogP contribution in [0.4, 0.5) is 0 Å². The van der Waals surface area contributed by atoms with E-state index in [-0.39, 0.29) is 11.4 Å². The first kappa shape index (κ1) is 15.9. The Kier molecular flexibility index (Phi) is 3.79. The minimum absolute atomic E-state index is 0.0728. The number of carbonyl (C=O) groups is 1. The van der Waals surface area contributed by atoms with Crippen molar-refractivity contribution in [3.63, 3.8) is 0 Å². The zero-order valence-corrected chi connectivity index (χ0v) is 15.1. The molecule has 3 heteroatoms. The number of ether oxygens (including phenoxy) is 1. The van der Waals surface area contributed by atoms with E-state index in [1.807, 2.05) is 7.11 Å². The van der Waals surface area contributed by atoms with Gasteiger partial charge in [0.2, 0.25) is 5.91 Å². The minimum Gasteiger partial charge on any atom is -0.381 e. The first-order valence-electron chi connectivity index (χ1n) is 9.80. The molecule has 3 saturated carbocycles. The number of carbonyl (C=O) groups excluding carboxylic acids is 1. The van der Waals surface area contributed by atoms with E-state index in [1.165, 1.54) is 44.9 Å². The largest absolute Gasteiger partial charge is 0.381 e. The molecule has 3 aliphatic carbocycles. The lowest BCUT2D eigenvalue weighted by Gasteiger charge is -2.62. The fourth-order valence-corrected chi connectivity index (χ4v) is 7.11. The van der Waals surface area contributed by atoms with E-state index < -0.39 is 0 Å². The molecule has 4 rings (SSSR count). The number of hydrogen-bond donors (Lipinski definition) is 1. The third-order valence-electron chi connectivity index (χ3n) is 8.45. The molecule has 0 aromatic carbocycles. The summed E-state index contributed by atoms with van der Waals surface area (Å²) in [6, 6.07) is 0. The Bertz CT molecular complexity index is 492. The third-order valence-corrected chi connectivity index (χ3v) is 8.45. The summed E-state index contributed by atoms with van der Waals surface area (Å²) in [5.41, 5.74) is 0.587. The highest BCUT2D eigenvalue weighted by Crippen LogP contribution is 2.62. The predicted octanol–water partition coefficient (Wildman–Crippen LogP) is 3.91. The fraction of sp³-hybridized carbons (Fsp3) is 0.950. The average Bonchev–Trinajstić information content (AvgIpc) is 2.52. The van der Waals surface area contributed by atoms with Gasteiger partial charge in [-0.05, 0) is 87.4 Å². The standard InChI is InChI=1S/C20H33NO2/c1-19-10-8-14(23-3)12-13(19)4-5-15-16(19)9-11-20(2)17(15)6-7-18(22)21-20/h13-17H,4-12H2,1-3H3,(H,21,22)/t13-,14-,15?,16-,17-,19?,20?/m0/s1. The zero-order valence-electron chi connectivity index (χ0n) is 15.1. The smallest absolute Gasteiger partial charge is 0.220 e. The lowest BCUT2D eigenvalue weighted by molar-refractivity contribution is -0.143. The van der Waals surface area contributed by atoms with Gasteiger partial charge in [0, 0.05) is 19.1 Å². The average molecular weight is 319 g/mol. The normalized spacial score (nSPS) is 52.8. The molecule has 1 heterocycles. The van der Waals surface area contributed by atoms with Gasteiger partial charge in [-0.1, -0.05) is 6.92 Å². The van der Waals surface area contributed by atoms with Gasteiger partial charge >= 0.3 is 0 Å². The zero-order chi connectivity index (χ0) is 16.2. The van der Waals surface area contributed by atoms with Crippen LogP contribution in [-0.2, 0) is 9.53 Å². The highest BCUT2D eigenvalue weighted by molar-refractivity contribution is 5.77. The number of piperidine rings is 1. The van der Waals surface area contributed by atoms with Crippen LogP contribution in [0.5, 0.6) is 0 Å². The van der Waals surface area contributed by atoms with Crippen molar-refractivity contribution in [1.82, 2.24) is 5.32 Å². The third kappa shape index (κ3) is 2.37. The Morgan fingerprint density at radius 3 is 2.65 bits per heavy atom. The molecule has 3 unspecified atom stereocenters. The molecule has 4 fully saturated rings. The summed E-state index contributed by atoms with van der Waals surface area (Å²) in [7, 11) is 1.88. The van der Waals surface area contributed by atoms with Crippen molar-refractivity contribution in [2.75, 3.05) is 7.11 Å². The Morgan fingerprint density at radius 1 is 1.04 bits per heavy atom. The highest BCUT2D eigenvalue weighted by Gasteiger charge is 2.57. The molecular weight excluding hydrogens is 286 g/mol. The van der Waals surface area contributed by atoms with Crippen molar-refractivity contribution in [2.45, 2.75) is 83.3 Å². The Balaban J connectivity index is 1.58. The minimum atomic E-state index is 0.0728. The molecule has 0 bridgehead atoms. The second kappa shape index (κ2) is 5.47. The second-order valence-electron chi connectivity index (χ2n) is 9.33. The van der Waals surface area contributed by atoms with E-state index in [9.17, 15) is 4.79 Å². The van der Waals surface area contributed by atoms with Gasteiger partial charge in [-0.2, -0.15) is 0 Å². The van der Waals surface area contributed by atoms with Crippen LogP contribution in [-0.4, -0.2) is 24.7 Å². The highest BCUT2D eigenvalue weighted by atomic mass is 16.5. The number of rotatable bonds is 1. The van der Waals surface area contributed by atoms with Gasteiger partial charge in [0.15, 0.2) is 0 Å². The van der Waals surface area contributed by atoms with Gasteiger partial charge in [-0.25, -0.2) is 0 Å². The van der Waals surface area contributed by atoms with Crippen molar-refractivity contribution in [2.24, 2.45) is 29.1 Å². The van der Waals surface area contributed by atoms with Crippen molar-refractivity contribution in [3.05, 3.63) is 0 Å². The van der Waals surface area contributed by atoms with Crippen molar-refractivity contribution >= 4 is 5.91 Å². The molecule has 3 nitrogen and oxygen atoms in total. The molecular formula is C20H33NO2. The summed E-state index contributed by atoms with van der Waals surface area (Å²) in [6.45, 7) is 4.91. The van der Waals surface area contributed by atoms with E-state index in [0.29, 0.717) is 17.4 Å². The van der Waals surface area contributed by atoms with Crippen LogP contribution in [0.1, 0.15) is 71.6 Å². The van der Waals surface area contributed by atoms with Crippen molar-refractivity contribution in [3.8, 4) is 0 Å². The number of nitrogens with one attached hydrogen (secondary N) is 1. The van der Waals surface area contributed by atoms with Gasteiger partial charge in [0.25, 0.3) is 0 Å². The maximum Gasteiger partial charge on any atom is 0.220 e. The molecule has 23 heavy (non-hydrogen) atoms. The molecule has 1 saturated heterocycles. The number of methoxy groups -OCH3 is 1. The van der Waals surface area contributed by atoms with Crippen LogP contribution in [0, 0.1) is 29.1 Å². The molecule has 0 radical (unpaired) electrons. The van der Waals surface area contributed by atoms with Crippen molar-refractivity contribution in [1.29, 1.82) is 0 Å². The van der Waals surface area contributed by atoms with E-state index in [4.69, 9.17) is 4.74 Å². The van der Waals surface area contributed by atoms with Crippen LogP contribution < -0.4 is 5.32 Å². The van der Waals surface area contributed by atoms with Gasteiger partial charge in [-0.15, -0.1) is 0 Å². The van der Waals surface area contributed by atoms with E-state index in [0.717, 1.165) is 30.6 Å². The molecule has 130 valence electrons. The fourth-order valence-electron chi connectivity index (χ4n) is 7.11. The van der Waals surface area contributed by atoms with Crippen LogP contribution in [0.25, 0.3) is 0 Å². The van der Waals surface area contributed by atoms with Crippen LogP contribution in [0.3, 0.4) is 0 Å². The quantitative estimate of drug-likeness (QED) is 0.795. The topological polar surface area (TPSA) is 38.3 Å². The lowest BCUT2D eigenvalue weighted by Crippen LogP contribution is -2.63. The molecule has 0 aromatic heterocycles. The van der Waals surface area contributed by atoms with Crippen molar-refractivity contribution < 1.29 is 9.53 Å². The summed E-state index contributed by atoms with van der Waals surface area (Å²) in [4.78, 5) is 11.9. The number of amides is 1. The summed E-state index contributed by atoms with van der Waals surface area (Å²) in [5.74, 6) is 3.53. The number of hydrogen-bond acceptors (Lipinski definition) is 2. The van der Waals surface area contributed by atoms with E-state index in [2.05, 4.69) is 19.2 Å². The molecule has 7 atom stereocenters. The van der Waals surface area contributed by atoms with Gasteiger partial charge in [0.1, 0.15) is 0 Å². The van der Waals surface area contributed by atoms with E-state index >= 15 is 0 Å². The summed E-state index contributed by atoms with van der Waals surface area (Å²) < 4.78 is 5.69. The molecule has 4 aliphatic rings.